The van der Waals surface area contributed by atoms with E-state index in [1.165, 1.54) is 7.11 Å². The number of aromatic amines is 1. The number of benzene rings is 2. The minimum absolute atomic E-state index is 0.124. The van der Waals surface area contributed by atoms with Gasteiger partial charge >= 0.3 is 0 Å². The van der Waals surface area contributed by atoms with Crippen molar-refractivity contribution in [1.82, 2.24) is 4.98 Å². The van der Waals surface area contributed by atoms with Crippen molar-refractivity contribution in [2.75, 3.05) is 7.11 Å². The minimum atomic E-state index is -0.635. The molecule has 1 aliphatic heterocycles. The van der Waals surface area contributed by atoms with Gasteiger partial charge in [0.15, 0.2) is 11.5 Å². The maximum absolute atomic E-state index is 10.8. The van der Waals surface area contributed by atoms with Gasteiger partial charge in [-0.2, -0.15) is 0 Å². The Morgan fingerprint density at radius 1 is 1.03 bits per heavy atom. The lowest BCUT2D eigenvalue weighted by atomic mass is 9.86. The Labute approximate surface area is 229 Å². The van der Waals surface area contributed by atoms with Gasteiger partial charge in [-0.3, -0.25) is 0 Å². The molecule has 0 spiro atoms. The van der Waals surface area contributed by atoms with Crippen LogP contribution in [0.25, 0.3) is 0 Å². The summed E-state index contributed by atoms with van der Waals surface area (Å²) in [7, 11) is 1.42. The quantitative estimate of drug-likeness (QED) is 0.188. The molecule has 0 bridgehead atoms. The number of hydrogen-bond donors (Lipinski definition) is 6. The monoisotopic (exact) mass is 539 g/mol. The van der Waals surface area contributed by atoms with E-state index in [4.69, 9.17) is 9.47 Å². The third kappa shape index (κ3) is 6.69. The molecule has 8 nitrogen and oxygen atoms in total. The second-order valence-corrected chi connectivity index (χ2v) is 11.0. The molecule has 0 unspecified atom stereocenters. The number of phenolic OH excluding ortho intramolecular Hbond substituents is 2. The summed E-state index contributed by atoms with van der Waals surface area (Å²) in [5, 5.41) is 52.8. The normalized spacial score (nSPS) is 19.5. The maximum atomic E-state index is 10.8. The lowest BCUT2D eigenvalue weighted by Crippen LogP contribution is -2.32. The highest BCUT2D eigenvalue weighted by Gasteiger charge is 2.35. The lowest BCUT2D eigenvalue weighted by molar-refractivity contribution is -0.101. The Hall–Kier alpha value is -3.20. The van der Waals surface area contributed by atoms with E-state index in [1.54, 1.807) is 12.3 Å². The van der Waals surface area contributed by atoms with Crippen LogP contribution in [-0.4, -0.2) is 49.8 Å². The van der Waals surface area contributed by atoms with Gasteiger partial charge in [-0.25, -0.2) is 0 Å². The van der Waals surface area contributed by atoms with Crippen molar-refractivity contribution in [3.05, 3.63) is 70.0 Å². The molecule has 2 heterocycles. The van der Waals surface area contributed by atoms with E-state index in [0.717, 1.165) is 29.5 Å². The second kappa shape index (κ2) is 12.8. The van der Waals surface area contributed by atoms with Crippen molar-refractivity contribution in [1.29, 1.82) is 0 Å². The molecule has 2 aromatic carbocycles. The molecule has 0 aliphatic carbocycles. The molecule has 212 valence electrons. The molecule has 0 saturated carbocycles. The summed E-state index contributed by atoms with van der Waals surface area (Å²) >= 11 is 0. The first-order valence-corrected chi connectivity index (χ1v) is 13.7. The Morgan fingerprint density at radius 3 is 2.49 bits per heavy atom. The number of aryl methyl sites for hydroxylation is 2. The van der Waals surface area contributed by atoms with Crippen molar-refractivity contribution in [3.8, 4) is 23.0 Å². The number of nitrogens with one attached hydrogen (secondary N) is 1. The van der Waals surface area contributed by atoms with Crippen LogP contribution >= 0.6 is 0 Å². The summed E-state index contributed by atoms with van der Waals surface area (Å²) in [4.78, 5) is 3.02. The summed E-state index contributed by atoms with van der Waals surface area (Å²) in [5.74, 6) is 0.117. The van der Waals surface area contributed by atoms with Crippen molar-refractivity contribution in [2.24, 2.45) is 5.92 Å². The first kappa shape index (κ1) is 28.8. The number of aromatic nitrogens is 1. The molecular weight excluding hydrogens is 498 g/mol. The molecule has 8 heteroatoms. The van der Waals surface area contributed by atoms with Crippen LogP contribution in [0, 0.1) is 5.92 Å². The van der Waals surface area contributed by atoms with Crippen LogP contribution in [0.15, 0.2) is 36.7 Å². The highest BCUT2D eigenvalue weighted by atomic mass is 16.5. The molecule has 39 heavy (non-hydrogen) atoms. The van der Waals surface area contributed by atoms with Crippen LogP contribution in [-0.2, 0) is 30.6 Å². The number of methoxy groups -OCH3 is 1. The Morgan fingerprint density at radius 2 is 1.82 bits per heavy atom. The van der Waals surface area contributed by atoms with Crippen LogP contribution in [0.1, 0.15) is 79.0 Å². The number of H-pyrrole nitrogens is 1. The summed E-state index contributed by atoms with van der Waals surface area (Å²) in [6.45, 7) is 3.82. The molecule has 0 amide bonds. The lowest BCUT2D eigenvalue weighted by Gasteiger charge is -2.36. The van der Waals surface area contributed by atoms with Gasteiger partial charge in [-0.1, -0.05) is 26.0 Å². The first-order valence-electron chi connectivity index (χ1n) is 13.7. The van der Waals surface area contributed by atoms with Crippen LogP contribution in [0.2, 0.25) is 0 Å². The van der Waals surface area contributed by atoms with E-state index < -0.39 is 30.3 Å². The smallest absolute Gasteiger partial charge is 0.201 e. The Bertz CT molecular complexity index is 1240. The first-order chi connectivity index (χ1) is 18.7. The summed E-state index contributed by atoms with van der Waals surface area (Å²) in [6, 6.07) is 7.62. The molecule has 1 fully saturated rings. The molecule has 3 aromatic rings. The van der Waals surface area contributed by atoms with Gasteiger partial charge in [0.2, 0.25) is 5.75 Å². The van der Waals surface area contributed by atoms with E-state index in [0.29, 0.717) is 48.5 Å². The van der Waals surface area contributed by atoms with Crippen molar-refractivity contribution in [3.63, 3.8) is 0 Å². The zero-order valence-corrected chi connectivity index (χ0v) is 23.0. The molecule has 1 saturated heterocycles. The molecule has 3 atom stereocenters. The van der Waals surface area contributed by atoms with E-state index in [2.05, 4.69) is 24.9 Å². The van der Waals surface area contributed by atoms with Gasteiger partial charge in [0.05, 0.1) is 32.0 Å². The number of rotatable bonds is 11. The van der Waals surface area contributed by atoms with E-state index in [9.17, 15) is 25.5 Å². The number of aromatic hydroxyl groups is 3. The Balaban J connectivity index is 1.60. The molecular formula is C31H41NO7. The second-order valence-electron chi connectivity index (χ2n) is 11.0. The molecule has 6 N–H and O–H groups in total. The van der Waals surface area contributed by atoms with Crippen LogP contribution in [0.5, 0.6) is 23.0 Å². The largest absolute Gasteiger partial charge is 0.508 e. The molecule has 1 aromatic heterocycles. The number of ether oxygens (including phenoxy) is 2. The Kier molecular flexibility index (Phi) is 9.43. The topological polar surface area (TPSA) is 135 Å². The molecule has 0 radical (unpaired) electrons. The highest BCUT2D eigenvalue weighted by Crippen LogP contribution is 2.49. The van der Waals surface area contributed by atoms with Gasteiger partial charge < -0.3 is 40.0 Å². The fraction of sp³-hybridized carbons (Fsp3) is 0.484. The van der Waals surface area contributed by atoms with E-state index in [-0.39, 0.29) is 23.8 Å². The van der Waals surface area contributed by atoms with Gasteiger partial charge in [0, 0.05) is 36.4 Å². The van der Waals surface area contributed by atoms with Crippen LogP contribution < -0.4 is 4.74 Å². The number of aliphatic hydroxyl groups excluding tert-OH is 2. The fourth-order valence-electron chi connectivity index (χ4n) is 5.57. The van der Waals surface area contributed by atoms with E-state index >= 15 is 0 Å². The highest BCUT2D eigenvalue weighted by molar-refractivity contribution is 5.64. The number of phenols is 3. The van der Waals surface area contributed by atoms with Crippen molar-refractivity contribution in [2.45, 2.75) is 83.7 Å². The summed E-state index contributed by atoms with van der Waals surface area (Å²) < 4.78 is 12.0. The SMILES string of the molecule is COc1c(O)c(O)c(CO)c([C@@H]2C[C@H](O)C[C@H](CCc3ccc(O)c(CCC(C)C)c3)O2)c1Cc1cc[nH]c1. The average molecular weight is 540 g/mol. The maximum Gasteiger partial charge on any atom is 0.201 e. The summed E-state index contributed by atoms with van der Waals surface area (Å²) in [6.07, 6.45) is 6.43. The van der Waals surface area contributed by atoms with Gasteiger partial charge in [0.1, 0.15) is 5.75 Å². The molecule has 4 rings (SSSR count). The number of aliphatic hydroxyl groups is 2. The predicted molar refractivity (Wildman–Crippen MR) is 148 cm³/mol. The third-order valence-electron chi connectivity index (χ3n) is 7.64. The summed E-state index contributed by atoms with van der Waals surface area (Å²) in [5.41, 5.74) is 4.28. The van der Waals surface area contributed by atoms with Crippen molar-refractivity contribution < 1.29 is 35.0 Å². The molecule has 1 aliphatic rings. The van der Waals surface area contributed by atoms with Crippen molar-refractivity contribution >= 4 is 0 Å². The van der Waals surface area contributed by atoms with Gasteiger partial charge in [-0.05, 0) is 72.4 Å². The zero-order valence-electron chi connectivity index (χ0n) is 23.0. The number of hydrogen-bond acceptors (Lipinski definition) is 7. The standard InChI is InChI=1S/C31H41NO7/c1-18(2)4-7-21-12-19(6-9-26(21)35)5-8-23-14-22(34)15-27(39-23)28-24(13-20-10-11-32-16-20)31(38-3)30(37)29(36)25(28)17-33/h6,9-12,16,18,22-23,27,32-37H,4-5,7-8,13-15,17H2,1-3H3/t22-,23+,27+/m1/s1. The average Bonchev–Trinajstić information content (AvgIpc) is 3.42. The third-order valence-corrected chi connectivity index (χ3v) is 7.64. The zero-order chi connectivity index (χ0) is 28.1. The van der Waals surface area contributed by atoms with Crippen LogP contribution in [0.4, 0.5) is 0 Å². The minimum Gasteiger partial charge on any atom is -0.508 e. The van der Waals surface area contributed by atoms with Gasteiger partial charge in [-0.15, -0.1) is 0 Å². The van der Waals surface area contributed by atoms with Crippen LogP contribution in [0.3, 0.4) is 0 Å². The van der Waals surface area contributed by atoms with E-state index in [1.807, 2.05) is 18.3 Å². The predicted octanol–water partition coefficient (Wildman–Crippen LogP) is 5.03. The van der Waals surface area contributed by atoms with Gasteiger partial charge in [0.25, 0.3) is 0 Å². The fourth-order valence-corrected chi connectivity index (χ4v) is 5.57.